The molecule has 2 atom stereocenters. The van der Waals surface area contributed by atoms with Gasteiger partial charge in [-0.25, -0.2) is 8.42 Å². The summed E-state index contributed by atoms with van der Waals surface area (Å²) in [4.78, 5) is 21.0. The number of nitrogens with zero attached hydrogens (tertiary/aromatic N) is 1. The molecule has 0 N–H and O–H groups in total. The van der Waals surface area contributed by atoms with Gasteiger partial charge in [-0.1, -0.05) is 20.8 Å². The molecule has 0 aromatic rings. The van der Waals surface area contributed by atoms with Crippen LogP contribution >= 0.6 is 7.82 Å². The zero-order valence-electron chi connectivity index (χ0n) is 18.8. The van der Waals surface area contributed by atoms with E-state index in [0.717, 1.165) is 6.26 Å². The summed E-state index contributed by atoms with van der Waals surface area (Å²) in [6.07, 6.45) is 0.195. The zero-order valence-corrected chi connectivity index (χ0v) is 24.6. The van der Waals surface area contributed by atoms with Crippen LogP contribution in [0.3, 0.4) is 0 Å². The van der Waals surface area contributed by atoms with Gasteiger partial charge in [0.05, 0.1) is 32.9 Å². The molecule has 0 saturated carbocycles. The van der Waals surface area contributed by atoms with Crippen molar-refractivity contribution in [2.45, 2.75) is 66.2 Å². The van der Waals surface area contributed by atoms with Crippen LogP contribution in [-0.4, -0.2) is 56.7 Å². The Hall–Kier alpha value is 1.94. The first kappa shape index (κ1) is 34.6. The Morgan fingerprint density at radius 1 is 1.07 bits per heavy atom. The van der Waals surface area contributed by atoms with Gasteiger partial charge in [0, 0.05) is 12.1 Å². The second-order valence-electron chi connectivity index (χ2n) is 8.30. The summed E-state index contributed by atoms with van der Waals surface area (Å²) in [5.74, 6) is 0. The average molecular weight is 463 g/mol. The quantitative estimate of drug-likeness (QED) is 0.136. The molecule has 0 aliphatic carbocycles. The Kier molecular flexibility index (Phi) is 16.6. The molecule has 0 radical (unpaired) electrons. The Morgan fingerprint density at radius 2 is 1.54 bits per heavy atom. The second kappa shape index (κ2) is 13.5. The second-order valence-corrected chi connectivity index (χ2v) is 11.4. The number of phosphoric ester groups is 1. The van der Waals surface area contributed by atoms with Crippen LogP contribution in [-0.2, 0) is 28.6 Å². The molecule has 0 aromatic heterocycles. The van der Waals surface area contributed by atoms with E-state index >= 15 is 0 Å². The van der Waals surface area contributed by atoms with Gasteiger partial charge in [0.1, 0.15) is 0 Å². The topological polar surface area (TPSA) is 128 Å². The molecule has 158 valence electrons. The van der Waals surface area contributed by atoms with E-state index in [4.69, 9.17) is 9.47 Å². The molecule has 0 spiro atoms. The predicted molar refractivity (Wildman–Crippen MR) is 94.6 cm³/mol. The van der Waals surface area contributed by atoms with Gasteiger partial charge in [-0.05, 0) is 33.1 Å². The van der Waals surface area contributed by atoms with Crippen LogP contribution in [0.4, 0.5) is 0 Å². The van der Waals surface area contributed by atoms with Crippen LogP contribution in [0.2, 0.25) is 0 Å². The summed E-state index contributed by atoms with van der Waals surface area (Å²) >= 11 is 0. The summed E-state index contributed by atoms with van der Waals surface area (Å²) in [6.45, 7) is 12.2. The van der Waals surface area contributed by atoms with Crippen molar-refractivity contribution in [3.05, 3.63) is 0 Å². The van der Waals surface area contributed by atoms with Crippen molar-refractivity contribution in [2.75, 3.05) is 26.2 Å². The van der Waals surface area contributed by atoms with E-state index in [-0.39, 0.29) is 83.8 Å². The molecule has 0 unspecified atom stereocenters. The summed E-state index contributed by atoms with van der Waals surface area (Å²) in [7, 11) is -8.65. The van der Waals surface area contributed by atoms with Crippen molar-refractivity contribution >= 4 is 17.8 Å². The number of ether oxygens (including phenoxy) is 2. The molecular weight excluding hydrogens is 431 g/mol. The SMILES string of the molecule is C[C@H](O[C@H](COCOP(=O)([O-])[O-])CN(C(C)(C)C)S(C)(=O)=O)C(C)(C)C.[Na+].[Na+]. The molecule has 0 fully saturated rings. The predicted octanol–water partition coefficient (Wildman–Crippen LogP) is -5.31. The van der Waals surface area contributed by atoms with E-state index in [1.54, 1.807) is 20.8 Å². The Labute approximate surface area is 214 Å². The van der Waals surface area contributed by atoms with Crippen LogP contribution in [0, 0.1) is 5.41 Å². The van der Waals surface area contributed by atoms with Crippen molar-refractivity contribution < 1.29 is 95.9 Å². The first-order valence-corrected chi connectivity index (χ1v) is 11.5. The number of hydrogen-bond donors (Lipinski definition) is 0. The molecule has 0 aliphatic heterocycles. The van der Waals surface area contributed by atoms with Crippen LogP contribution < -0.4 is 68.9 Å². The van der Waals surface area contributed by atoms with Crippen molar-refractivity contribution in [3.63, 3.8) is 0 Å². The average Bonchev–Trinajstić information content (AvgIpc) is 2.35. The number of sulfonamides is 1. The van der Waals surface area contributed by atoms with E-state index < -0.39 is 36.3 Å². The van der Waals surface area contributed by atoms with E-state index in [1.165, 1.54) is 4.31 Å². The van der Waals surface area contributed by atoms with Crippen LogP contribution in [0.25, 0.3) is 0 Å². The Bertz CT molecular complexity index is 586. The maximum absolute atomic E-state index is 12.1. The third kappa shape index (κ3) is 15.7. The number of rotatable bonds is 10. The van der Waals surface area contributed by atoms with Crippen molar-refractivity contribution in [3.8, 4) is 0 Å². The van der Waals surface area contributed by atoms with Gasteiger partial charge < -0.3 is 28.3 Å². The van der Waals surface area contributed by atoms with E-state index in [1.807, 2.05) is 27.7 Å². The summed E-state index contributed by atoms with van der Waals surface area (Å²) < 4.78 is 51.1. The fourth-order valence-electron chi connectivity index (χ4n) is 2.00. The van der Waals surface area contributed by atoms with Gasteiger partial charge in [0.2, 0.25) is 10.0 Å². The fraction of sp³-hybridized carbons (Fsp3) is 1.00. The van der Waals surface area contributed by atoms with Gasteiger partial charge >= 0.3 is 59.1 Å². The Morgan fingerprint density at radius 3 is 1.86 bits per heavy atom. The van der Waals surface area contributed by atoms with Gasteiger partial charge in [0.25, 0.3) is 0 Å². The van der Waals surface area contributed by atoms with Crippen LogP contribution in [0.5, 0.6) is 0 Å². The third-order valence-corrected chi connectivity index (χ3v) is 5.65. The standard InChI is InChI=1S/C15H34NO8PS.2Na/c1-12(14(2,3)4)24-13(10-22-11-23-25(17,18)19)9-16(15(5,6)7)26(8,20)21;;/h12-13H,9-11H2,1-8H3,(H2,17,18,19);;/q;2*+1/p-2/t12-,13-;;/m0../s1. The molecule has 13 heteroatoms. The molecule has 0 aromatic carbocycles. The maximum Gasteiger partial charge on any atom is 1.00 e. The van der Waals surface area contributed by atoms with E-state index in [2.05, 4.69) is 4.52 Å². The summed E-state index contributed by atoms with van der Waals surface area (Å²) in [5.41, 5.74) is -0.886. The smallest absolute Gasteiger partial charge is 0.790 e. The first-order chi connectivity index (χ1) is 11.3. The van der Waals surface area contributed by atoms with Crippen LogP contribution in [0.1, 0.15) is 48.5 Å². The zero-order chi connectivity index (χ0) is 21.0. The van der Waals surface area contributed by atoms with E-state index in [0.29, 0.717) is 0 Å². The fourth-order valence-corrected chi connectivity index (χ4v) is 3.64. The van der Waals surface area contributed by atoms with Gasteiger partial charge in [-0.15, -0.1) is 0 Å². The van der Waals surface area contributed by atoms with Gasteiger partial charge in [-0.3, -0.25) is 0 Å². The largest absolute Gasteiger partial charge is 1.00 e. The minimum absolute atomic E-state index is 0. The third-order valence-electron chi connectivity index (χ3n) is 3.73. The molecule has 0 bridgehead atoms. The normalized spacial score (nSPS) is 15.5. The first-order valence-electron chi connectivity index (χ1n) is 8.21. The molecule has 0 saturated heterocycles. The minimum Gasteiger partial charge on any atom is -0.790 e. The molecule has 9 nitrogen and oxygen atoms in total. The maximum atomic E-state index is 12.1. The van der Waals surface area contributed by atoms with Gasteiger partial charge in [0.15, 0.2) is 6.79 Å². The molecule has 0 aliphatic rings. The molecular formula is C15H32NNa2O8PS. The number of hydrogen-bond acceptors (Lipinski definition) is 8. The molecule has 0 heterocycles. The van der Waals surface area contributed by atoms with Crippen LogP contribution in [0.15, 0.2) is 0 Å². The van der Waals surface area contributed by atoms with Gasteiger partial charge in [-0.2, -0.15) is 4.31 Å². The minimum atomic E-state index is -5.13. The van der Waals surface area contributed by atoms with Crippen molar-refractivity contribution in [1.29, 1.82) is 0 Å². The number of phosphoric acid groups is 1. The van der Waals surface area contributed by atoms with E-state index in [9.17, 15) is 22.8 Å². The monoisotopic (exact) mass is 463 g/mol. The molecule has 0 rings (SSSR count). The molecule has 28 heavy (non-hydrogen) atoms. The van der Waals surface area contributed by atoms with Crippen molar-refractivity contribution in [2.24, 2.45) is 5.41 Å². The van der Waals surface area contributed by atoms with Crippen molar-refractivity contribution in [1.82, 2.24) is 4.31 Å². The summed E-state index contributed by atoms with van der Waals surface area (Å²) in [5, 5.41) is 0. The Balaban J connectivity index is -0.00000312. The molecule has 0 amide bonds. The summed E-state index contributed by atoms with van der Waals surface area (Å²) in [6, 6.07) is 0.